The molecule has 2 aromatic rings. The predicted molar refractivity (Wildman–Crippen MR) is 104 cm³/mol. The van der Waals surface area contributed by atoms with E-state index in [1.54, 1.807) is 18.2 Å². The monoisotopic (exact) mass is 399 g/mol. The van der Waals surface area contributed by atoms with Crippen LogP contribution in [0.2, 0.25) is 0 Å². The molecule has 0 amide bonds. The van der Waals surface area contributed by atoms with Crippen LogP contribution in [0.15, 0.2) is 42.5 Å². The normalized spacial score (nSPS) is 26.7. The molecule has 0 radical (unpaired) electrons. The van der Waals surface area contributed by atoms with Crippen molar-refractivity contribution in [2.75, 3.05) is 13.2 Å². The summed E-state index contributed by atoms with van der Waals surface area (Å²) in [6.07, 6.45) is -5.65. The van der Waals surface area contributed by atoms with Crippen LogP contribution < -0.4 is 4.74 Å². The van der Waals surface area contributed by atoms with Crippen LogP contribution in [0.4, 0.5) is 0 Å². The van der Waals surface area contributed by atoms with Crippen molar-refractivity contribution < 1.29 is 29.9 Å². The highest BCUT2D eigenvalue weighted by molar-refractivity contribution is 5.44. The SMILES string of the molecule is CCOc1ccc(Cc2cc([C@@H]3O[C@H](CO)[C@@H](O)[C@H](O)[C@H]3O)ccc2C#N)cc1. The van der Waals surface area contributed by atoms with Gasteiger partial charge in [0.1, 0.15) is 36.3 Å². The molecule has 0 aromatic heterocycles. The van der Waals surface area contributed by atoms with Gasteiger partial charge in [-0.25, -0.2) is 0 Å². The molecule has 0 bridgehead atoms. The molecule has 0 saturated carbocycles. The minimum Gasteiger partial charge on any atom is -0.494 e. The van der Waals surface area contributed by atoms with E-state index in [0.29, 0.717) is 24.2 Å². The zero-order chi connectivity index (χ0) is 21.0. The maximum absolute atomic E-state index is 10.4. The Labute approximate surface area is 169 Å². The molecule has 3 rings (SSSR count). The molecule has 1 aliphatic heterocycles. The first-order valence-electron chi connectivity index (χ1n) is 9.53. The lowest BCUT2D eigenvalue weighted by molar-refractivity contribution is -0.231. The van der Waals surface area contributed by atoms with Crippen LogP contribution >= 0.6 is 0 Å². The van der Waals surface area contributed by atoms with Gasteiger partial charge in [-0.2, -0.15) is 5.26 Å². The molecule has 1 heterocycles. The summed E-state index contributed by atoms with van der Waals surface area (Å²) in [5.41, 5.74) is 2.77. The largest absolute Gasteiger partial charge is 0.494 e. The van der Waals surface area contributed by atoms with Crippen molar-refractivity contribution in [1.29, 1.82) is 5.26 Å². The number of aliphatic hydroxyl groups excluding tert-OH is 4. The summed E-state index contributed by atoms with van der Waals surface area (Å²) in [5.74, 6) is 0.770. The summed E-state index contributed by atoms with van der Waals surface area (Å²) in [7, 11) is 0. The van der Waals surface area contributed by atoms with Gasteiger partial charge in [0.05, 0.1) is 24.8 Å². The summed E-state index contributed by atoms with van der Waals surface area (Å²) in [6, 6.07) is 14.8. The van der Waals surface area contributed by atoms with Gasteiger partial charge >= 0.3 is 0 Å². The Hall–Kier alpha value is -2.47. The van der Waals surface area contributed by atoms with Crippen molar-refractivity contribution in [3.63, 3.8) is 0 Å². The second-order valence-electron chi connectivity index (χ2n) is 7.03. The average Bonchev–Trinajstić information content (AvgIpc) is 2.74. The van der Waals surface area contributed by atoms with Crippen LogP contribution in [0.5, 0.6) is 5.75 Å². The molecule has 7 nitrogen and oxygen atoms in total. The van der Waals surface area contributed by atoms with Gasteiger partial charge in [-0.05, 0) is 48.2 Å². The fourth-order valence-corrected chi connectivity index (χ4v) is 3.51. The number of rotatable bonds is 6. The first-order valence-corrected chi connectivity index (χ1v) is 9.53. The molecule has 0 spiro atoms. The lowest BCUT2D eigenvalue weighted by Crippen LogP contribution is -2.55. The lowest BCUT2D eigenvalue weighted by Gasteiger charge is -2.40. The van der Waals surface area contributed by atoms with Crippen LogP contribution in [0.3, 0.4) is 0 Å². The summed E-state index contributed by atoms with van der Waals surface area (Å²) < 4.78 is 11.1. The van der Waals surface area contributed by atoms with Gasteiger partial charge in [0.25, 0.3) is 0 Å². The Morgan fingerprint density at radius 2 is 1.76 bits per heavy atom. The van der Waals surface area contributed by atoms with E-state index in [0.717, 1.165) is 16.9 Å². The number of aliphatic hydroxyl groups is 4. The second kappa shape index (κ2) is 9.35. The third-order valence-corrected chi connectivity index (χ3v) is 5.10. The fraction of sp³-hybridized carbons (Fsp3) is 0.409. The summed E-state index contributed by atoms with van der Waals surface area (Å²) in [5, 5.41) is 49.2. The topological polar surface area (TPSA) is 123 Å². The van der Waals surface area contributed by atoms with Gasteiger partial charge in [0.2, 0.25) is 0 Å². The fourth-order valence-electron chi connectivity index (χ4n) is 3.51. The van der Waals surface area contributed by atoms with Crippen molar-refractivity contribution in [3.05, 3.63) is 64.7 Å². The third-order valence-electron chi connectivity index (χ3n) is 5.10. The highest BCUT2D eigenvalue weighted by Crippen LogP contribution is 2.33. The van der Waals surface area contributed by atoms with E-state index in [-0.39, 0.29) is 0 Å². The maximum atomic E-state index is 10.4. The Kier molecular flexibility index (Phi) is 6.85. The second-order valence-corrected chi connectivity index (χ2v) is 7.03. The van der Waals surface area contributed by atoms with E-state index >= 15 is 0 Å². The maximum Gasteiger partial charge on any atom is 0.119 e. The first kappa shape index (κ1) is 21.2. The lowest BCUT2D eigenvalue weighted by atomic mass is 9.89. The molecule has 0 aliphatic carbocycles. The molecule has 7 heteroatoms. The molecule has 154 valence electrons. The van der Waals surface area contributed by atoms with Gasteiger partial charge in [-0.15, -0.1) is 0 Å². The van der Waals surface area contributed by atoms with E-state index in [9.17, 15) is 25.7 Å². The summed E-state index contributed by atoms with van der Waals surface area (Å²) >= 11 is 0. The molecule has 2 aromatic carbocycles. The van der Waals surface area contributed by atoms with Crippen molar-refractivity contribution in [2.24, 2.45) is 0 Å². The highest BCUT2D eigenvalue weighted by atomic mass is 16.5. The Morgan fingerprint density at radius 3 is 2.38 bits per heavy atom. The number of hydrogen-bond donors (Lipinski definition) is 4. The smallest absolute Gasteiger partial charge is 0.119 e. The summed E-state index contributed by atoms with van der Waals surface area (Å²) in [6.45, 7) is 2.01. The Bertz CT molecular complexity index is 861. The minimum atomic E-state index is -1.45. The molecule has 29 heavy (non-hydrogen) atoms. The first-order chi connectivity index (χ1) is 14.0. The molecule has 4 N–H and O–H groups in total. The zero-order valence-electron chi connectivity index (χ0n) is 16.1. The molecular formula is C22H25NO6. The number of nitrogens with zero attached hydrogens (tertiary/aromatic N) is 1. The zero-order valence-corrected chi connectivity index (χ0v) is 16.1. The van der Waals surface area contributed by atoms with E-state index in [4.69, 9.17) is 9.47 Å². The van der Waals surface area contributed by atoms with Crippen LogP contribution in [0.1, 0.15) is 35.3 Å². The molecule has 1 aliphatic rings. The predicted octanol–water partition coefficient (Wildman–Crippen LogP) is 1.06. The van der Waals surface area contributed by atoms with Crippen LogP contribution in [0, 0.1) is 11.3 Å². The van der Waals surface area contributed by atoms with E-state index in [2.05, 4.69) is 6.07 Å². The van der Waals surface area contributed by atoms with Gasteiger partial charge in [-0.3, -0.25) is 0 Å². The Morgan fingerprint density at radius 1 is 1.03 bits per heavy atom. The minimum absolute atomic E-state index is 0.487. The molecular weight excluding hydrogens is 374 g/mol. The van der Waals surface area contributed by atoms with E-state index < -0.39 is 37.1 Å². The van der Waals surface area contributed by atoms with E-state index in [1.807, 2.05) is 31.2 Å². The van der Waals surface area contributed by atoms with Crippen LogP contribution in [-0.2, 0) is 11.2 Å². The quantitative estimate of drug-likeness (QED) is 0.573. The van der Waals surface area contributed by atoms with Crippen LogP contribution in [-0.4, -0.2) is 58.1 Å². The number of benzene rings is 2. The van der Waals surface area contributed by atoms with Crippen molar-refractivity contribution in [2.45, 2.75) is 43.9 Å². The van der Waals surface area contributed by atoms with Gasteiger partial charge in [0.15, 0.2) is 0 Å². The molecule has 1 fully saturated rings. The van der Waals surface area contributed by atoms with Gasteiger partial charge in [-0.1, -0.05) is 24.3 Å². The van der Waals surface area contributed by atoms with E-state index in [1.165, 1.54) is 0 Å². The molecule has 0 unspecified atom stereocenters. The molecule has 1 saturated heterocycles. The third kappa shape index (κ3) is 4.58. The molecule has 5 atom stereocenters. The number of hydrogen-bond acceptors (Lipinski definition) is 7. The number of ether oxygens (including phenoxy) is 2. The highest BCUT2D eigenvalue weighted by Gasteiger charge is 2.44. The van der Waals surface area contributed by atoms with Crippen molar-refractivity contribution >= 4 is 0 Å². The average molecular weight is 399 g/mol. The summed E-state index contributed by atoms with van der Waals surface area (Å²) in [4.78, 5) is 0. The van der Waals surface area contributed by atoms with Gasteiger partial charge in [0, 0.05) is 0 Å². The van der Waals surface area contributed by atoms with Crippen LogP contribution in [0.25, 0.3) is 0 Å². The van der Waals surface area contributed by atoms with Crippen molar-refractivity contribution in [3.8, 4) is 11.8 Å². The van der Waals surface area contributed by atoms with Crippen molar-refractivity contribution in [1.82, 2.24) is 0 Å². The Balaban J connectivity index is 1.87. The standard InChI is InChI=1S/C22H25NO6/c1-2-28-17-7-3-13(4-8-17)9-16-10-14(5-6-15(16)11-23)22-21(27)20(26)19(25)18(12-24)29-22/h3-8,10,18-22,24-27H,2,9,12H2,1H3/t18-,19-,20+,21-,22+/m1/s1. The number of nitriles is 1. The van der Waals surface area contributed by atoms with Gasteiger partial charge < -0.3 is 29.9 Å².